The fourth-order valence-electron chi connectivity index (χ4n) is 3.03. The van der Waals surface area contributed by atoms with Crippen LogP contribution in [0.3, 0.4) is 0 Å². The predicted octanol–water partition coefficient (Wildman–Crippen LogP) is 2.31. The maximum absolute atomic E-state index is 12.2. The highest BCUT2D eigenvalue weighted by Gasteiger charge is 2.26. The molecule has 1 aliphatic heterocycles. The van der Waals surface area contributed by atoms with Gasteiger partial charge in [0.25, 0.3) is 0 Å². The first-order valence-corrected chi connectivity index (χ1v) is 8.98. The second kappa shape index (κ2) is 10.0. The van der Waals surface area contributed by atoms with Crippen molar-refractivity contribution in [2.75, 3.05) is 45.8 Å². The molecule has 0 aliphatic carbocycles. The third-order valence-corrected chi connectivity index (χ3v) is 4.55. The molecule has 0 spiro atoms. The predicted molar refractivity (Wildman–Crippen MR) is 98.6 cm³/mol. The van der Waals surface area contributed by atoms with Crippen molar-refractivity contribution in [3.63, 3.8) is 0 Å². The Labute approximate surface area is 154 Å². The fraction of sp³-hybridized carbons (Fsp3) is 0.579. The highest BCUT2D eigenvalue weighted by molar-refractivity contribution is 5.92. The summed E-state index contributed by atoms with van der Waals surface area (Å²) in [5.41, 5.74) is 0.624. The van der Waals surface area contributed by atoms with E-state index in [2.05, 4.69) is 10.2 Å². The Balaban J connectivity index is 1.77. The molecule has 1 saturated heterocycles. The number of hydrogen-bond donors (Lipinski definition) is 1. The summed E-state index contributed by atoms with van der Waals surface area (Å²) in [6.07, 6.45) is 1.96. The van der Waals surface area contributed by atoms with Crippen LogP contribution in [0.2, 0.25) is 0 Å². The van der Waals surface area contributed by atoms with Crippen LogP contribution in [0, 0.1) is 5.92 Å². The van der Waals surface area contributed by atoms with Crippen LogP contribution in [0.25, 0.3) is 0 Å². The molecule has 26 heavy (non-hydrogen) atoms. The number of piperidine rings is 1. The number of hydrogen-bond acceptors (Lipinski definition) is 6. The third-order valence-electron chi connectivity index (χ3n) is 4.55. The molecule has 1 amide bonds. The monoisotopic (exact) mass is 364 g/mol. The van der Waals surface area contributed by atoms with Gasteiger partial charge >= 0.3 is 5.97 Å². The number of methoxy groups -OCH3 is 2. The van der Waals surface area contributed by atoms with Crippen LogP contribution in [0.4, 0.5) is 5.69 Å². The average Bonchev–Trinajstić information content (AvgIpc) is 2.67. The van der Waals surface area contributed by atoms with E-state index >= 15 is 0 Å². The SMILES string of the molecule is CCOC(=O)C1CCN(CCC(=O)Nc2ccc(OC)cc2OC)CC1. The Bertz CT molecular complexity index is 612. The normalized spacial score (nSPS) is 15.3. The summed E-state index contributed by atoms with van der Waals surface area (Å²) in [5, 5.41) is 2.88. The van der Waals surface area contributed by atoms with E-state index in [9.17, 15) is 9.59 Å². The molecule has 1 heterocycles. The van der Waals surface area contributed by atoms with Gasteiger partial charge < -0.3 is 24.4 Å². The van der Waals surface area contributed by atoms with Crippen LogP contribution in [-0.2, 0) is 14.3 Å². The maximum atomic E-state index is 12.2. The minimum Gasteiger partial charge on any atom is -0.497 e. The summed E-state index contributed by atoms with van der Waals surface area (Å²) in [6, 6.07) is 5.27. The van der Waals surface area contributed by atoms with E-state index in [0.717, 1.165) is 25.9 Å². The van der Waals surface area contributed by atoms with Crippen LogP contribution in [0.5, 0.6) is 11.5 Å². The number of nitrogens with one attached hydrogen (secondary N) is 1. The Morgan fingerprint density at radius 2 is 1.92 bits per heavy atom. The van der Waals surface area contributed by atoms with Crippen LogP contribution < -0.4 is 14.8 Å². The van der Waals surface area contributed by atoms with Crippen molar-refractivity contribution < 1.29 is 23.8 Å². The van der Waals surface area contributed by atoms with E-state index in [1.807, 2.05) is 6.92 Å². The molecule has 1 aromatic carbocycles. The highest BCUT2D eigenvalue weighted by atomic mass is 16.5. The first-order valence-electron chi connectivity index (χ1n) is 8.98. The zero-order valence-electron chi connectivity index (χ0n) is 15.7. The lowest BCUT2D eigenvalue weighted by atomic mass is 9.97. The lowest BCUT2D eigenvalue weighted by Crippen LogP contribution is -2.38. The first-order chi connectivity index (χ1) is 12.6. The van der Waals surface area contributed by atoms with Crippen molar-refractivity contribution in [3.8, 4) is 11.5 Å². The summed E-state index contributed by atoms with van der Waals surface area (Å²) < 4.78 is 15.5. The number of nitrogens with zero attached hydrogens (tertiary/aromatic N) is 1. The topological polar surface area (TPSA) is 77.1 Å². The summed E-state index contributed by atoms with van der Waals surface area (Å²) in [6.45, 7) is 4.53. The van der Waals surface area contributed by atoms with Gasteiger partial charge in [0, 0.05) is 19.0 Å². The number of rotatable bonds is 8. The Kier molecular flexibility index (Phi) is 7.72. The van der Waals surface area contributed by atoms with Crippen molar-refractivity contribution >= 4 is 17.6 Å². The molecule has 0 bridgehead atoms. The lowest BCUT2D eigenvalue weighted by Gasteiger charge is -2.30. The molecule has 0 unspecified atom stereocenters. The minimum absolute atomic E-state index is 0.0106. The Morgan fingerprint density at radius 1 is 1.19 bits per heavy atom. The molecule has 0 radical (unpaired) electrons. The van der Waals surface area contributed by atoms with E-state index in [-0.39, 0.29) is 17.8 Å². The van der Waals surface area contributed by atoms with E-state index in [1.165, 1.54) is 0 Å². The standard InChI is InChI=1S/C19H28N2O5/c1-4-26-19(23)14-7-10-21(11-8-14)12-9-18(22)20-16-6-5-15(24-2)13-17(16)25-3/h5-6,13-14H,4,7-12H2,1-3H3,(H,20,22). The van der Waals surface area contributed by atoms with Crippen molar-refractivity contribution in [2.45, 2.75) is 26.2 Å². The molecule has 7 nitrogen and oxygen atoms in total. The number of ether oxygens (including phenoxy) is 3. The Morgan fingerprint density at radius 3 is 2.54 bits per heavy atom. The van der Waals surface area contributed by atoms with Crippen molar-refractivity contribution in [3.05, 3.63) is 18.2 Å². The van der Waals surface area contributed by atoms with Gasteiger partial charge in [-0.1, -0.05) is 0 Å². The summed E-state index contributed by atoms with van der Waals surface area (Å²) >= 11 is 0. The molecule has 0 aromatic heterocycles. The molecule has 0 saturated carbocycles. The molecule has 1 aromatic rings. The van der Waals surface area contributed by atoms with Gasteiger partial charge in [-0.25, -0.2) is 0 Å². The third kappa shape index (κ3) is 5.62. The fourth-order valence-corrected chi connectivity index (χ4v) is 3.03. The van der Waals surface area contributed by atoms with Crippen LogP contribution >= 0.6 is 0 Å². The highest BCUT2D eigenvalue weighted by Crippen LogP contribution is 2.29. The number of amides is 1. The number of anilines is 1. The van der Waals surface area contributed by atoms with Gasteiger partial charge in [0.1, 0.15) is 11.5 Å². The minimum atomic E-state index is -0.100. The molecule has 1 fully saturated rings. The number of benzene rings is 1. The number of likely N-dealkylation sites (tertiary alicyclic amines) is 1. The maximum Gasteiger partial charge on any atom is 0.309 e. The van der Waals surface area contributed by atoms with Crippen LogP contribution in [-0.4, -0.2) is 57.2 Å². The molecule has 2 rings (SSSR count). The quantitative estimate of drug-likeness (QED) is 0.714. The summed E-state index contributed by atoms with van der Waals surface area (Å²) in [7, 11) is 3.14. The molecule has 1 N–H and O–H groups in total. The average molecular weight is 364 g/mol. The van der Waals surface area contributed by atoms with E-state index in [0.29, 0.717) is 36.8 Å². The second-order valence-electron chi connectivity index (χ2n) is 6.23. The first kappa shape index (κ1) is 20.0. The van der Waals surface area contributed by atoms with Gasteiger partial charge in [0.15, 0.2) is 0 Å². The van der Waals surface area contributed by atoms with Crippen molar-refractivity contribution in [2.24, 2.45) is 5.92 Å². The molecule has 7 heteroatoms. The van der Waals surface area contributed by atoms with Gasteiger partial charge in [-0.2, -0.15) is 0 Å². The number of esters is 1. The molecular weight excluding hydrogens is 336 g/mol. The molecular formula is C19H28N2O5. The van der Waals surface area contributed by atoms with Gasteiger partial charge in [-0.3, -0.25) is 9.59 Å². The van der Waals surface area contributed by atoms with Gasteiger partial charge in [-0.05, 0) is 45.0 Å². The summed E-state index contributed by atoms with van der Waals surface area (Å²) in [4.78, 5) is 26.2. The molecule has 1 aliphatic rings. The van der Waals surface area contributed by atoms with Crippen LogP contribution in [0.1, 0.15) is 26.2 Å². The zero-order chi connectivity index (χ0) is 18.9. The van der Waals surface area contributed by atoms with E-state index in [1.54, 1.807) is 32.4 Å². The Hall–Kier alpha value is -2.28. The van der Waals surface area contributed by atoms with E-state index < -0.39 is 0 Å². The molecule has 144 valence electrons. The van der Waals surface area contributed by atoms with Gasteiger partial charge in [-0.15, -0.1) is 0 Å². The van der Waals surface area contributed by atoms with Gasteiger partial charge in [0.2, 0.25) is 5.91 Å². The largest absolute Gasteiger partial charge is 0.497 e. The zero-order valence-corrected chi connectivity index (χ0v) is 15.7. The smallest absolute Gasteiger partial charge is 0.309 e. The summed E-state index contributed by atoms with van der Waals surface area (Å²) in [5.74, 6) is 1.05. The number of carbonyl (C=O) groups excluding carboxylic acids is 2. The van der Waals surface area contributed by atoms with Crippen LogP contribution in [0.15, 0.2) is 18.2 Å². The van der Waals surface area contributed by atoms with Gasteiger partial charge in [0.05, 0.1) is 32.4 Å². The van der Waals surface area contributed by atoms with Crippen molar-refractivity contribution in [1.29, 1.82) is 0 Å². The number of carbonyl (C=O) groups is 2. The van der Waals surface area contributed by atoms with Crippen molar-refractivity contribution in [1.82, 2.24) is 4.90 Å². The molecule has 0 atom stereocenters. The lowest BCUT2D eigenvalue weighted by molar-refractivity contribution is -0.149. The van der Waals surface area contributed by atoms with E-state index in [4.69, 9.17) is 14.2 Å². The second-order valence-corrected chi connectivity index (χ2v) is 6.23.